The van der Waals surface area contributed by atoms with Crippen LogP contribution < -0.4 is 0 Å². The molecule has 4 nitrogen and oxygen atoms in total. The van der Waals surface area contributed by atoms with Gasteiger partial charge in [0.25, 0.3) is 0 Å². The summed E-state index contributed by atoms with van der Waals surface area (Å²) in [6.07, 6.45) is 1.97. The van der Waals surface area contributed by atoms with Crippen molar-refractivity contribution in [3.63, 3.8) is 0 Å². The second-order valence-corrected chi connectivity index (χ2v) is 4.52. The first kappa shape index (κ1) is 11.5. The summed E-state index contributed by atoms with van der Waals surface area (Å²) < 4.78 is 8.68. The van der Waals surface area contributed by atoms with Gasteiger partial charge in [0.05, 0.1) is 6.61 Å². The summed E-state index contributed by atoms with van der Waals surface area (Å²) in [5.41, 5.74) is 0.723. The zero-order valence-corrected chi connectivity index (χ0v) is 9.94. The molecule has 0 saturated carbocycles. The third-order valence-corrected chi connectivity index (χ3v) is 3.36. The molecule has 0 aliphatic heterocycles. The number of esters is 1. The van der Waals surface area contributed by atoms with Crippen LogP contribution in [0, 0.1) is 0 Å². The lowest BCUT2D eigenvalue weighted by molar-refractivity contribution is 0.0530. The third-order valence-electron chi connectivity index (χ3n) is 1.71. The molecule has 0 spiro atoms. The van der Waals surface area contributed by atoms with E-state index in [0.29, 0.717) is 11.5 Å². The Morgan fingerprint density at radius 2 is 2.43 bits per heavy atom. The van der Waals surface area contributed by atoms with Crippen LogP contribution in [0.2, 0.25) is 0 Å². The highest BCUT2D eigenvalue weighted by molar-refractivity contribution is 7.98. The first-order valence-corrected chi connectivity index (χ1v) is 6.29. The summed E-state index contributed by atoms with van der Waals surface area (Å²) in [5, 5.41) is 4.11. The van der Waals surface area contributed by atoms with Crippen LogP contribution in [-0.2, 0) is 4.74 Å². The molecule has 1 heterocycles. The Labute approximate surface area is 91.2 Å². The van der Waals surface area contributed by atoms with Crippen molar-refractivity contribution in [2.75, 3.05) is 12.9 Å². The largest absolute Gasteiger partial charge is 0.462 e. The fourth-order valence-electron chi connectivity index (χ4n) is 0.913. The SMILES string of the molecule is CCOC(=O)c1snnc1C(C)SC. The number of rotatable bonds is 4. The Hall–Kier alpha value is -0.620. The molecule has 0 aromatic carbocycles. The number of aromatic nitrogens is 2. The van der Waals surface area contributed by atoms with E-state index in [1.54, 1.807) is 18.7 Å². The average molecular weight is 232 g/mol. The van der Waals surface area contributed by atoms with Crippen LogP contribution >= 0.6 is 23.3 Å². The van der Waals surface area contributed by atoms with Gasteiger partial charge in [0, 0.05) is 5.25 Å². The molecule has 0 N–H and O–H groups in total. The highest BCUT2D eigenvalue weighted by atomic mass is 32.2. The fraction of sp³-hybridized carbons (Fsp3) is 0.625. The van der Waals surface area contributed by atoms with Gasteiger partial charge >= 0.3 is 5.97 Å². The maximum absolute atomic E-state index is 11.4. The minimum atomic E-state index is -0.321. The zero-order valence-electron chi connectivity index (χ0n) is 8.31. The summed E-state index contributed by atoms with van der Waals surface area (Å²) >= 11 is 2.72. The highest BCUT2D eigenvalue weighted by Crippen LogP contribution is 2.28. The van der Waals surface area contributed by atoms with E-state index in [1.807, 2.05) is 13.2 Å². The van der Waals surface area contributed by atoms with Gasteiger partial charge in [-0.25, -0.2) is 4.79 Å². The molecule has 1 atom stereocenters. The lowest BCUT2D eigenvalue weighted by Gasteiger charge is -2.05. The fourth-order valence-corrected chi connectivity index (χ4v) is 2.03. The van der Waals surface area contributed by atoms with Gasteiger partial charge in [0.15, 0.2) is 4.88 Å². The first-order chi connectivity index (χ1) is 6.70. The highest BCUT2D eigenvalue weighted by Gasteiger charge is 2.21. The third kappa shape index (κ3) is 2.45. The zero-order chi connectivity index (χ0) is 10.6. The number of nitrogens with zero attached hydrogens (tertiary/aromatic N) is 2. The van der Waals surface area contributed by atoms with Gasteiger partial charge in [-0.1, -0.05) is 4.49 Å². The summed E-state index contributed by atoms with van der Waals surface area (Å²) in [6, 6.07) is 0. The molecule has 0 fully saturated rings. The van der Waals surface area contributed by atoms with Gasteiger partial charge < -0.3 is 4.74 Å². The molecular weight excluding hydrogens is 220 g/mol. The summed E-state index contributed by atoms with van der Waals surface area (Å²) in [4.78, 5) is 12.0. The number of hydrogen-bond acceptors (Lipinski definition) is 6. The number of ether oxygens (including phenoxy) is 1. The Balaban J connectivity index is 2.86. The Bertz CT molecular complexity index is 314. The molecule has 0 amide bonds. The van der Waals surface area contributed by atoms with Crippen molar-refractivity contribution in [2.24, 2.45) is 0 Å². The van der Waals surface area contributed by atoms with E-state index in [1.165, 1.54) is 0 Å². The van der Waals surface area contributed by atoms with Crippen LogP contribution in [0.5, 0.6) is 0 Å². The van der Waals surface area contributed by atoms with E-state index in [4.69, 9.17) is 4.74 Å². The van der Waals surface area contributed by atoms with Crippen molar-refractivity contribution in [2.45, 2.75) is 19.1 Å². The van der Waals surface area contributed by atoms with Crippen LogP contribution in [-0.4, -0.2) is 28.4 Å². The van der Waals surface area contributed by atoms with Gasteiger partial charge in [0.1, 0.15) is 5.69 Å². The summed E-state index contributed by atoms with van der Waals surface area (Å²) in [6.45, 7) is 4.15. The average Bonchev–Trinajstić information content (AvgIpc) is 2.65. The van der Waals surface area contributed by atoms with E-state index in [0.717, 1.165) is 17.2 Å². The van der Waals surface area contributed by atoms with Gasteiger partial charge in [-0.2, -0.15) is 11.8 Å². The van der Waals surface area contributed by atoms with E-state index in [9.17, 15) is 4.79 Å². The van der Waals surface area contributed by atoms with E-state index < -0.39 is 0 Å². The van der Waals surface area contributed by atoms with Gasteiger partial charge in [-0.15, -0.1) is 5.10 Å². The van der Waals surface area contributed by atoms with Crippen LogP contribution in [0.1, 0.15) is 34.5 Å². The Morgan fingerprint density at radius 3 is 3.00 bits per heavy atom. The molecule has 78 valence electrons. The van der Waals surface area contributed by atoms with Crippen LogP contribution in [0.25, 0.3) is 0 Å². The van der Waals surface area contributed by atoms with E-state index >= 15 is 0 Å². The smallest absolute Gasteiger partial charge is 0.351 e. The van der Waals surface area contributed by atoms with Crippen molar-refractivity contribution in [3.8, 4) is 0 Å². The number of hydrogen-bond donors (Lipinski definition) is 0. The molecule has 0 aliphatic rings. The van der Waals surface area contributed by atoms with Gasteiger partial charge in [-0.3, -0.25) is 0 Å². The van der Waals surface area contributed by atoms with Crippen LogP contribution in [0.3, 0.4) is 0 Å². The first-order valence-electron chi connectivity index (χ1n) is 4.22. The van der Waals surface area contributed by atoms with Crippen LogP contribution in [0.4, 0.5) is 0 Å². The number of carbonyl (C=O) groups is 1. The maximum atomic E-state index is 11.4. The van der Waals surface area contributed by atoms with Crippen molar-refractivity contribution in [3.05, 3.63) is 10.6 Å². The molecule has 0 aliphatic carbocycles. The normalized spacial score (nSPS) is 12.5. The minimum absolute atomic E-state index is 0.174. The molecule has 0 bridgehead atoms. The molecular formula is C8H12N2O2S2. The Morgan fingerprint density at radius 1 is 1.71 bits per heavy atom. The molecule has 1 aromatic heterocycles. The van der Waals surface area contributed by atoms with Crippen LogP contribution in [0.15, 0.2) is 0 Å². The topological polar surface area (TPSA) is 52.1 Å². The standard InChI is InChI=1S/C8H12N2O2S2/c1-4-12-8(11)7-6(5(2)13-3)9-10-14-7/h5H,4H2,1-3H3. The molecule has 1 unspecified atom stereocenters. The molecule has 1 rings (SSSR count). The predicted molar refractivity (Wildman–Crippen MR) is 57.8 cm³/mol. The van der Waals surface area contributed by atoms with Crippen molar-refractivity contribution in [1.29, 1.82) is 0 Å². The Kier molecular flexibility index (Phi) is 4.34. The molecule has 0 radical (unpaired) electrons. The second kappa shape index (κ2) is 5.31. The number of thioether (sulfide) groups is 1. The maximum Gasteiger partial charge on any atom is 0.351 e. The molecule has 6 heteroatoms. The molecule has 14 heavy (non-hydrogen) atoms. The second-order valence-electron chi connectivity index (χ2n) is 2.59. The predicted octanol–water partition coefficient (Wildman–Crippen LogP) is 2.14. The quantitative estimate of drug-likeness (QED) is 0.744. The van der Waals surface area contributed by atoms with E-state index in [-0.39, 0.29) is 11.2 Å². The number of carbonyl (C=O) groups excluding carboxylic acids is 1. The molecule has 0 saturated heterocycles. The van der Waals surface area contributed by atoms with E-state index in [2.05, 4.69) is 9.59 Å². The van der Waals surface area contributed by atoms with Crippen molar-refractivity contribution < 1.29 is 9.53 Å². The van der Waals surface area contributed by atoms with Gasteiger partial charge in [-0.05, 0) is 31.6 Å². The summed E-state index contributed by atoms with van der Waals surface area (Å²) in [5.74, 6) is -0.321. The van der Waals surface area contributed by atoms with Crippen molar-refractivity contribution >= 4 is 29.3 Å². The van der Waals surface area contributed by atoms with Gasteiger partial charge in [0.2, 0.25) is 0 Å². The lowest BCUT2D eigenvalue weighted by Crippen LogP contribution is -2.06. The minimum Gasteiger partial charge on any atom is -0.462 e. The lowest BCUT2D eigenvalue weighted by atomic mass is 10.3. The monoisotopic (exact) mass is 232 g/mol. The van der Waals surface area contributed by atoms with Crippen molar-refractivity contribution in [1.82, 2.24) is 9.59 Å². The molecule has 1 aromatic rings. The summed E-state index contributed by atoms with van der Waals surface area (Å²) in [7, 11) is 0.